The molecule has 2 amide bonds. The van der Waals surface area contributed by atoms with Gasteiger partial charge in [-0.15, -0.1) is 0 Å². The molecule has 3 N–H and O–H groups in total. The maximum Gasteiger partial charge on any atom is 0.286 e. The van der Waals surface area contributed by atoms with Crippen LogP contribution in [0.4, 0.5) is 0 Å². The summed E-state index contributed by atoms with van der Waals surface area (Å²) in [6.45, 7) is 3.55. The molecule has 1 aromatic carbocycles. The molecule has 2 rings (SSSR count). The van der Waals surface area contributed by atoms with Gasteiger partial charge in [-0.2, -0.15) is 0 Å². The third-order valence-electron chi connectivity index (χ3n) is 2.95. The molecule has 2 aromatic rings. The molecule has 0 fully saturated rings. The van der Waals surface area contributed by atoms with Gasteiger partial charge in [0.1, 0.15) is 11.4 Å². The van der Waals surface area contributed by atoms with E-state index in [1.807, 2.05) is 19.1 Å². The van der Waals surface area contributed by atoms with E-state index in [1.165, 1.54) is 0 Å². The van der Waals surface area contributed by atoms with Gasteiger partial charge < -0.3 is 9.72 Å². The van der Waals surface area contributed by atoms with Gasteiger partial charge in [-0.25, -0.2) is 0 Å². The highest BCUT2D eigenvalue weighted by Gasteiger charge is 2.17. The zero-order valence-corrected chi connectivity index (χ0v) is 15.6. The molecule has 0 bridgehead atoms. The Morgan fingerprint density at radius 3 is 2.57 bits per heavy atom. The number of carbonyl (C=O) groups excluding carboxylic acids is 2. The number of aromatic amines is 1. The highest BCUT2D eigenvalue weighted by atomic mass is 79.9. The maximum atomic E-state index is 12.0. The number of benzene rings is 1. The van der Waals surface area contributed by atoms with Crippen LogP contribution in [-0.2, 0) is 4.79 Å². The van der Waals surface area contributed by atoms with E-state index in [0.717, 1.165) is 14.5 Å². The van der Waals surface area contributed by atoms with Crippen LogP contribution in [0.2, 0.25) is 0 Å². The molecule has 1 atom stereocenters. The number of hydrazine groups is 1. The van der Waals surface area contributed by atoms with Crippen LogP contribution in [-0.4, -0.2) is 22.9 Å². The topological polar surface area (TPSA) is 83.2 Å². The van der Waals surface area contributed by atoms with E-state index in [0.29, 0.717) is 11.4 Å². The molecular weight excluding hydrogens is 430 g/mol. The van der Waals surface area contributed by atoms with Crippen molar-refractivity contribution in [3.63, 3.8) is 0 Å². The van der Waals surface area contributed by atoms with E-state index in [9.17, 15) is 9.59 Å². The molecule has 0 radical (unpaired) electrons. The van der Waals surface area contributed by atoms with Crippen LogP contribution in [0.3, 0.4) is 0 Å². The number of aryl methyl sites for hydroxylation is 1. The number of aromatic nitrogens is 1. The van der Waals surface area contributed by atoms with Gasteiger partial charge in [0, 0.05) is 10.7 Å². The van der Waals surface area contributed by atoms with E-state index in [-0.39, 0.29) is 0 Å². The van der Waals surface area contributed by atoms with Crippen molar-refractivity contribution in [1.29, 1.82) is 0 Å². The van der Waals surface area contributed by atoms with Gasteiger partial charge in [-0.1, -0.05) is 6.07 Å². The first-order valence-electron chi connectivity index (χ1n) is 6.73. The third kappa shape index (κ3) is 4.84. The summed E-state index contributed by atoms with van der Waals surface area (Å²) in [6, 6.07) is 7.16. The van der Waals surface area contributed by atoms with Crippen LogP contribution < -0.4 is 15.6 Å². The minimum absolute atomic E-state index is 0.326. The fourth-order valence-corrected chi connectivity index (χ4v) is 2.66. The summed E-state index contributed by atoms with van der Waals surface area (Å²) < 4.78 is 7.09. The molecular formula is C15H15Br2N3O3. The Balaban J connectivity index is 1.88. The number of amides is 2. The number of H-pyrrole nitrogens is 1. The first-order chi connectivity index (χ1) is 10.9. The number of halogens is 2. The Kier molecular flexibility index (Phi) is 5.84. The lowest BCUT2D eigenvalue weighted by molar-refractivity contribution is -0.128. The summed E-state index contributed by atoms with van der Waals surface area (Å²) in [4.78, 5) is 26.6. The maximum absolute atomic E-state index is 12.0. The summed E-state index contributed by atoms with van der Waals surface area (Å²) in [5.41, 5.74) is 6.05. The lowest BCUT2D eigenvalue weighted by atomic mass is 10.2. The molecule has 1 unspecified atom stereocenters. The number of nitrogens with one attached hydrogen (secondary N) is 3. The SMILES string of the molecule is Cc1ccc(OC(C)C(=O)NNC(=O)c2cc(Br)c[nH]2)c(Br)c1. The number of ether oxygens (including phenoxy) is 1. The largest absolute Gasteiger partial charge is 0.480 e. The summed E-state index contributed by atoms with van der Waals surface area (Å²) in [7, 11) is 0. The van der Waals surface area contributed by atoms with Gasteiger partial charge >= 0.3 is 0 Å². The van der Waals surface area contributed by atoms with Crippen molar-refractivity contribution in [2.24, 2.45) is 0 Å². The minimum atomic E-state index is -0.773. The fourth-order valence-electron chi connectivity index (χ4n) is 1.73. The average Bonchev–Trinajstić information content (AvgIpc) is 2.93. The second-order valence-electron chi connectivity index (χ2n) is 4.87. The molecule has 122 valence electrons. The molecule has 8 heteroatoms. The molecule has 0 saturated heterocycles. The summed E-state index contributed by atoms with van der Waals surface area (Å²) >= 11 is 6.61. The van der Waals surface area contributed by atoms with E-state index in [4.69, 9.17) is 4.74 Å². The van der Waals surface area contributed by atoms with Gasteiger partial charge in [0.25, 0.3) is 11.8 Å². The van der Waals surface area contributed by atoms with E-state index >= 15 is 0 Å². The number of carbonyl (C=O) groups is 2. The van der Waals surface area contributed by atoms with Crippen LogP contribution in [0.15, 0.2) is 39.4 Å². The molecule has 1 heterocycles. The number of rotatable bonds is 4. The normalized spacial score (nSPS) is 11.7. The Hall–Kier alpha value is -1.80. The second-order valence-corrected chi connectivity index (χ2v) is 6.64. The van der Waals surface area contributed by atoms with Crippen LogP contribution >= 0.6 is 31.9 Å². The van der Waals surface area contributed by atoms with Gasteiger partial charge in [0.15, 0.2) is 6.10 Å². The minimum Gasteiger partial charge on any atom is -0.480 e. The number of hydrogen-bond donors (Lipinski definition) is 3. The molecule has 23 heavy (non-hydrogen) atoms. The predicted molar refractivity (Wildman–Crippen MR) is 93.1 cm³/mol. The van der Waals surface area contributed by atoms with Gasteiger partial charge in [-0.3, -0.25) is 20.4 Å². The van der Waals surface area contributed by atoms with Crippen molar-refractivity contribution >= 4 is 43.7 Å². The highest BCUT2D eigenvalue weighted by molar-refractivity contribution is 9.10. The van der Waals surface area contributed by atoms with E-state index in [2.05, 4.69) is 47.7 Å². The Labute approximate surface area is 150 Å². The molecule has 1 aromatic heterocycles. The molecule has 6 nitrogen and oxygen atoms in total. The average molecular weight is 445 g/mol. The fraction of sp³-hybridized carbons (Fsp3) is 0.200. The van der Waals surface area contributed by atoms with Crippen LogP contribution in [0.25, 0.3) is 0 Å². The molecule has 0 spiro atoms. The molecule has 0 saturated carbocycles. The Morgan fingerprint density at radius 2 is 1.96 bits per heavy atom. The van der Waals surface area contributed by atoms with Gasteiger partial charge in [0.2, 0.25) is 0 Å². The van der Waals surface area contributed by atoms with Crippen LogP contribution in [0, 0.1) is 6.92 Å². The van der Waals surface area contributed by atoms with E-state index < -0.39 is 17.9 Å². The highest BCUT2D eigenvalue weighted by Crippen LogP contribution is 2.26. The first-order valence-corrected chi connectivity index (χ1v) is 8.32. The lowest BCUT2D eigenvalue weighted by Crippen LogP contribution is -2.47. The van der Waals surface area contributed by atoms with Crippen molar-refractivity contribution in [2.45, 2.75) is 20.0 Å². The van der Waals surface area contributed by atoms with Crippen molar-refractivity contribution in [1.82, 2.24) is 15.8 Å². The quantitative estimate of drug-likeness (QED) is 0.633. The predicted octanol–water partition coefficient (Wildman–Crippen LogP) is 3.08. The van der Waals surface area contributed by atoms with Gasteiger partial charge in [-0.05, 0) is 69.5 Å². The first kappa shape index (κ1) is 17.6. The van der Waals surface area contributed by atoms with Crippen LogP contribution in [0.5, 0.6) is 5.75 Å². The summed E-state index contributed by atoms with van der Waals surface area (Å²) in [5.74, 6) is -0.359. The van der Waals surface area contributed by atoms with Crippen molar-refractivity contribution in [3.05, 3.63) is 50.7 Å². The molecule has 0 aliphatic rings. The summed E-state index contributed by atoms with van der Waals surface area (Å²) in [5, 5.41) is 0. The standard InChI is InChI=1S/C15H15Br2N3O3/c1-8-3-4-13(11(17)5-8)23-9(2)14(21)19-20-15(22)12-6-10(16)7-18-12/h3-7,9,18H,1-2H3,(H,19,21)(H,20,22). The van der Waals surface area contributed by atoms with Crippen molar-refractivity contribution in [2.75, 3.05) is 0 Å². The van der Waals surface area contributed by atoms with Crippen molar-refractivity contribution < 1.29 is 14.3 Å². The second kappa shape index (κ2) is 7.65. The third-order valence-corrected chi connectivity index (χ3v) is 4.03. The van der Waals surface area contributed by atoms with Gasteiger partial charge in [0.05, 0.1) is 4.47 Å². The lowest BCUT2D eigenvalue weighted by Gasteiger charge is -2.16. The smallest absolute Gasteiger partial charge is 0.286 e. The summed E-state index contributed by atoms with van der Waals surface area (Å²) in [6.07, 6.45) is 0.849. The Morgan fingerprint density at radius 1 is 1.22 bits per heavy atom. The monoisotopic (exact) mass is 443 g/mol. The molecule has 0 aliphatic carbocycles. The zero-order chi connectivity index (χ0) is 17.0. The Bertz CT molecular complexity index is 731. The van der Waals surface area contributed by atoms with Crippen LogP contribution in [0.1, 0.15) is 23.0 Å². The van der Waals surface area contributed by atoms with E-state index in [1.54, 1.807) is 25.3 Å². The molecule has 0 aliphatic heterocycles. The van der Waals surface area contributed by atoms with Crippen molar-refractivity contribution in [3.8, 4) is 5.75 Å². The number of hydrogen-bond acceptors (Lipinski definition) is 3. The zero-order valence-electron chi connectivity index (χ0n) is 12.4.